The van der Waals surface area contributed by atoms with Crippen LogP contribution in [0, 0.1) is 0 Å². The third-order valence-electron chi connectivity index (χ3n) is 3.67. The smallest absolute Gasteiger partial charge is 0.298 e. The monoisotopic (exact) mass is 385 g/mol. The molecule has 2 aromatic rings. The number of allylic oxidation sites excluding steroid dienone is 4. The first kappa shape index (κ1) is 22.4. The zero-order valence-corrected chi connectivity index (χ0v) is 17.6. The van der Waals surface area contributed by atoms with Crippen LogP contribution in [0.25, 0.3) is 16.1 Å². The zero-order chi connectivity index (χ0) is 20.2. The lowest BCUT2D eigenvalue weighted by Gasteiger charge is -2.10. The molecule has 0 atom stereocenters. The van der Waals surface area contributed by atoms with E-state index in [0.29, 0.717) is 18.0 Å². The number of benzene rings is 1. The highest BCUT2D eigenvalue weighted by Crippen LogP contribution is 2.28. The quantitative estimate of drug-likeness (QED) is 0.322. The summed E-state index contributed by atoms with van der Waals surface area (Å²) in [4.78, 5) is 15.5. The molecule has 5 heteroatoms. The Bertz CT molecular complexity index is 817. The molecule has 0 aliphatic heterocycles. The number of ether oxygens (including phenoxy) is 2. The Morgan fingerprint density at radius 2 is 1.81 bits per heavy atom. The van der Waals surface area contributed by atoms with Crippen molar-refractivity contribution in [1.29, 1.82) is 0 Å². The fraction of sp³-hybridized carbons (Fsp3) is 0.273. The lowest BCUT2D eigenvalue weighted by atomic mass is 10.1. The van der Waals surface area contributed by atoms with Gasteiger partial charge in [0.2, 0.25) is 0 Å². The second kappa shape index (κ2) is 11.9. The second-order valence-electron chi connectivity index (χ2n) is 5.28. The van der Waals surface area contributed by atoms with Gasteiger partial charge in [-0.05, 0) is 32.4 Å². The van der Waals surface area contributed by atoms with Gasteiger partial charge in [0.15, 0.2) is 5.76 Å². The molecule has 1 aromatic carbocycles. The minimum Gasteiger partial charge on any atom is -0.497 e. The van der Waals surface area contributed by atoms with Crippen molar-refractivity contribution in [3.63, 3.8) is 0 Å². The first-order chi connectivity index (χ1) is 13.1. The van der Waals surface area contributed by atoms with Gasteiger partial charge < -0.3 is 9.47 Å². The average Bonchev–Trinajstić information content (AvgIpc) is 3.22. The molecule has 27 heavy (non-hydrogen) atoms. The molecule has 1 aromatic heterocycles. The summed E-state index contributed by atoms with van der Waals surface area (Å²) >= 11 is 1.60. The summed E-state index contributed by atoms with van der Waals surface area (Å²) in [5, 5.41) is 2.99. The van der Waals surface area contributed by atoms with Crippen molar-refractivity contribution in [2.24, 2.45) is 0 Å². The number of nitrogens with zero attached hydrogens (tertiary/aromatic N) is 1. The van der Waals surface area contributed by atoms with Crippen LogP contribution < -0.4 is 0 Å². The molecule has 1 heterocycles. The van der Waals surface area contributed by atoms with Gasteiger partial charge in [-0.2, -0.15) is 0 Å². The maximum atomic E-state index is 10.8. The molecule has 0 aliphatic carbocycles. The third-order valence-corrected chi connectivity index (χ3v) is 4.56. The fourth-order valence-corrected chi connectivity index (χ4v) is 3.14. The van der Waals surface area contributed by atoms with E-state index >= 15 is 0 Å². The molecule has 0 saturated heterocycles. The summed E-state index contributed by atoms with van der Waals surface area (Å²) < 4.78 is 10.3. The maximum absolute atomic E-state index is 10.8. The molecule has 0 radical (unpaired) electrons. The second-order valence-corrected chi connectivity index (χ2v) is 6.14. The molecule has 0 fully saturated rings. The van der Waals surface area contributed by atoms with E-state index in [1.807, 2.05) is 75.6 Å². The summed E-state index contributed by atoms with van der Waals surface area (Å²) in [7, 11) is 1.54. The van der Waals surface area contributed by atoms with Crippen molar-refractivity contribution in [2.45, 2.75) is 34.6 Å². The van der Waals surface area contributed by atoms with Crippen molar-refractivity contribution >= 4 is 23.4 Å². The maximum Gasteiger partial charge on any atom is 0.298 e. The largest absolute Gasteiger partial charge is 0.497 e. The van der Waals surface area contributed by atoms with E-state index in [2.05, 4.69) is 0 Å². The van der Waals surface area contributed by atoms with Gasteiger partial charge in [-0.1, -0.05) is 50.3 Å². The van der Waals surface area contributed by atoms with Gasteiger partial charge in [0, 0.05) is 16.5 Å². The van der Waals surface area contributed by atoms with Crippen LogP contribution in [0.1, 0.15) is 40.3 Å². The van der Waals surface area contributed by atoms with Crippen LogP contribution >= 0.6 is 11.3 Å². The predicted molar refractivity (Wildman–Crippen MR) is 113 cm³/mol. The standard InChI is InChI=1S/C20H21NO3S.C2H6/c1-5-16(19(24-13-22)15(3)23-4)11-14(2)18-12-25-20(21-18)17-9-7-6-8-10-17;1-2/h5-13H,1-4H3;1-2H3/b14-11+,16-5-,19-15-;. The van der Waals surface area contributed by atoms with E-state index in [1.165, 1.54) is 0 Å². The lowest BCUT2D eigenvalue weighted by Crippen LogP contribution is -1.99. The minimum absolute atomic E-state index is 0.401. The van der Waals surface area contributed by atoms with E-state index in [1.54, 1.807) is 25.4 Å². The number of hydrogen-bond donors (Lipinski definition) is 0. The molecule has 0 unspecified atom stereocenters. The zero-order valence-electron chi connectivity index (χ0n) is 16.8. The Balaban J connectivity index is 0.00000176. The molecule has 0 amide bonds. The summed E-state index contributed by atoms with van der Waals surface area (Å²) in [6.45, 7) is 10.0. The summed E-state index contributed by atoms with van der Waals surface area (Å²) in [6.07, 6.45) is 3.81. The molecule has 4 nitrogen and oxygen atoms in total. The summed E-state index contributed by atoms with van der Waals surface area (Å²) in [6, 6.07) is 10.1. The first-order valence-electron chi connectivity index (χ1n) is 8.82. The number of carbonyl (C=O) groups is 1. The number of thiazole rings is 1. The highest BCUT2D eigenvalue weighted by Gasteiger charge is 2.12. The normalized spacial score (nSPS) is 12.5. The number of hydrogen-bond acceptors (Lipinski definition) is 5. The Hall–Kier alpha value is -2.66. The van der Waals surface area contributed by atoms with Crippen molar-refractivity contribution in [1.82, 2.24) is 4.98 Å². The van der Waals surface area contributed by atoms with Gasteiger partial charge >= 0.3 is 0 Å². The van der Waals surface area contributed by atoms with Crippen molar-refractivity contribution < 1.29 is 14.3 Å². The first-order valence-corrected chi connectivity index (χ1v) is 9.70. The van der Waals surface area contributed by atoms with E-state index in [-0.39, 0.29) is 0 Å². The van der Waals surface area contributed by atoms with Crippen molar-refractivity contribution in [3.8, 4) is 10.6 Å². The molecular formula is C22H27NO3S. The van der Waals surface area contributed by atoms with Crippen molar-refractivity contribution in [2.75, 3.05) is 7.11 Å². The van der Waals surface area contributed by atoms with Crippen LogP contribution in [0.2, 0.25) is 0 Å². The van der Waals surface area contributed by atoms with Gasteiger partial charge in [0.05, 0.1) is 12.8 Å². The van der Waals surface area contributed by atoms with Gasteiger partial charge in [-0.25, -0.2) is 4.98 Å². The molecular weight excluding hydrogens is 358 g/mol. The summed E-state index contributed by atoms with van der Waals surface area (Å²) in [5.74, 6) is 0.936. The van der Waals surface area contributed by atoms with Gasteiger partial charge in [-0.15, -0.1) is 11.3 Å². The highest BCUT2D eigenvalue weighted by molar-refractivity contribution is 7.13. The van der Waals surface area contributed by atoms with Crippen molar-refractivity contribution in [3.05, 3.63) is 70.6 Å². The Morgan fingerprint density at radius 3 is 2.37 bits per heavy atom. The van der Waals surface area contributed by atoms with Crippen LogP contribution in [0.15, 0.2) is 65.0 Å². The molecule has 0 spiro atoms. The molecule has 0 N–H and O–H groups in total. The van der Waals surface area contributed by atoms with Crippen LogP contribution in [-0.4, -0.2) is 18.6 Å². The molecule has 0 bridgehead atoms. The number of methoxy groups -OCH3 is 1. The number of carbonyl (C=O) groups excluding carboxylic acids is 1. The van der Waals surface area contributed by atoms with Gasteiger partial charge in [0.1, 0.15) is 10.8 Å². The molecule has 2 rings (SSSR count). The predicted octanol–water partition coefficient (Wildman–Crippen LogP) is 6.24. The van der Waals surface area contributed by atoms with Crippen LogP contribution in [0.3, 0.4) is 0 Å². The Kier molecular flexibility index (Phi) is 9.83. The van der Waals surface area contributed by atoms with Gasteiger partial charge in [0.25, 0.3) is 6.47 Å². The number of aromatic nitrogens is 1. The van der Waals surface area contributed by atoms with Gasteiger partial charge in [-0.3, -0.25) is 4.79 Å². The van der Waals surface area contributed by atoms with Crippen LogP contribution in [0.5, 0.6) is 0 Å². The number of rotatable bonds is 7. The Morgan fingerprint density at radius 1 is 1.15 bits per heavy atom. The lowest BCUT2D eigenvalue weighted by molar-refractivity contribution is -0.125. The van der Waals surface area contributed by atoms with E-state index in [4.69, 9.17) is 14.5 Å². The highest BCUT2D eigenvalue weighted by atomic mass is 32.1. The third kappa shape index (κ3) is 6.22. The molecule has 0 aliphatic rings. The van der Waals surface area contributed by atoms with Crippen LogP contribution in [0.4, 0.5) is 0 Å². The topological polar surface area (TPSA) is 48.4 Å². The van der Waals surface area contributed by atoms with E-state index in [9.17, 15) is 4.79 Å². The summed E-state index contributed by atoms with van der Waals surface area (Å²) in [5.41, 5.74) is 3.72. The average molecular weight is 386 g/mol. The minimum atomic E-state index is 0.401. The Labute approximate surface area is 165 Å². The molecule has 0 saturated carbocycles. The fourth-order valence-electron chi connectivity index (χ4n) is 2.25. The SMILES string of the molecule is C/C=C(/C=C(\C)c1csc(-c2ccccc2)n1)C(\OC=O)=C(/C)OC.CC. The molecule has 144 valence electrons. The van der Waals surface area contributed by atoms with Crippen LogP contribution in [-0.2, 0) is 14.3 Å². The van der Waals surface area contributed by atoms with E-state index in [0.717, 1.165) is 27.4 Å². The van der Waals surface area contributed by atoms with E-state index < -0.39 is 0 Å².